The molecule has 156 valence electrons. The first-order valence-corrected chi connectivity index (χ1v) is 10.5. The van der Waals surface area contributed by atoms with Crippen LogP contribution in [0.5, 0.6) is 0 Å². The van der Waals surface area contributed by atoms with Crippen LogP contribution < -0.4 is 5.32 Å². The molecule has 2 fully saturated rings. The molecule has 0 radical (unpaired) electrons. The minimum Gasteiger partial charge on any atom is -0.360 e. The fourth-order valence-corrected chi connectivity index (χ4v) is 4.99. The molecule has 1 unspecified atom stereocenters. The number of fused-ring (bicyclic) bond motifs is 1. The van der Waals surface area contributed by atoms with Crippen molar-refractivity contribution in [3.63, 3.8) is 0 Å². The molecule has 6 nitrogen and oxygen atoms in total. The smallest absolute Gasteiger partial charge is 0.255 e. The van der Waals surface area contributed by atoms with Crippen molar-refractivity contribution in [3.05, 3.63) is 59.0 Å². The first-order valence-electron chi connectivity index (χ1n) is 10.5. The Hall–Kier alpha value is -2.96. The van der Waals surface area contributed by atoms with E-state index in [-0.39, 0.29) is 23.7 Å². The summed E-state index contributed by atoms with van der Waals surface area (Å²) in [5.41, 5.74) is 1.91. The minimum atomic E-state index is -0.464. The molecule has 30 heavy (non-hydrogen) atoms. The summed E-state index contributed by atoms with van der Waals surface area (Å²) in [6.45, 7) is 4.06. The minimum absolute atomic E-state index is 0.0428. The first-order chi connectivity index (χ1) is 14.4. The number of likely N-dealkylation sites (tertiary alicyclic amines) is 2. The van der Waals surface area contributed by atoms with E-state index in [0.29, 0.717) is 31.5 Å². The lowest BCUT2D eigenvalue weighted by Crippen LogP contribution is -2.39. The van der Waals surface area contributed by atoms with Gasteiger partial charge in [-0.3, -0.25) is 9.59 Å². The molecule has 4 heterocycles. The van der Waals surface area contributed by atoms with Gasteiger partial charge in [-0.05, 0) is 49.1 Å². The summed E-state index contributed by atoms with van der Waals surface area (Å²) < 4.78 is 13.7. The van der Waals surface area contributed by atoms with Crippen LogP contribution in [-0.2, 0) is 16.8 Å². The van der Waals surface area contributed by atoms with Gasteiger partial charge in [0.05, 0.1) is 17.1 Å². The Morgan fingerprint density at radius 3 is 2.93 bits per heavy atom. The summed E-state index contributed by atoms with van der Waals surface area (Å²) in [4.78, 5) is 33.3. The number of aromatic nitrogens is 1. The van der Waals surface area contributed by atoms with Gasteiger partial charge in [-0.2, -0.15) is 0 Å². The maximum atomic E-state index is 13.7. The molecule has 0 bridgehead atoms. The molecular formula is C23H25FN4O2. The summed E-state index contributed by atoms with van der Waals surface area (Å²) in [6.07, 6.45) is 4.60. The van der Waals surface area contributed by atoms with E-state index in [1.807, 2.05) is 28.9 Å². The van der Waals surface area contributed by atoms with Crippen LogP contribution in [0.1, 0.15) is 47.7 Å². The molecule has 3 aliphatic heterocycles. The molecule has 0 spiro atoms. The monoisotopic (exact) mass is 408 g/mol. The Morgan fingerprint density at radius 2 is 2.17 bits per heavy atom. The quantitative estimate of drug-likeness (QED) is 0.848. The van der Waals surface area contributed by atoms with Crippen molar-refractivity contribution in [2.75, 3.05) is 25.0 Å². The van der Waals surface area contributed by atoms with Crippen molar-refractivity contribution >= 4 is 17.6 Å². The number of benzene rings is 1. The van der Waals surface area contributed by atoms with Crippen molar-refractivity contribution in [2.45, 2.75) is 44.2 Å². The third-order valence-electron chi connectivity index (χ3n) is 6.61. The Balaban J connectivity index is 1.32. The number of nitrogens with one attached hydrogen (secondary N) is 1. The summed E-state index contributed by atoms with van der Waals surface area (Å²) in [6, 6.07) is 8.61. The molecule has 5 rings (SSSR count). The maximum absolute atomic E-state index is 13.7. The van der Waals surface area contributed by atoms with Crippen LogP contribution in [0.15, 0.2) is 36.5 Å². The van der Waals surface area contributed by atoms with Crippen LogP contribution in [0.25, 0.3) is 0 Å². The lowest BCUT2D eigenvalue weighted by molar-refractivity contribution is -0.129. The van der Waals surface area contributed by atoms with Gasteiger partial charge >= 0.3 is 0 Å². The summed E-state index contributed by atoms with van der Waals surface area (Å²) in [7, 11) is 0. The molecule has 2 saturated heterocycles. The van der Waals surface area contributed by atoms with Crippen molar-refractivity contribution in [2.24, 2.45) is 0 Å². The van der Waals surface area contributed by atoms with E-state index in [1.165, 1.54) is 12.1 Å². The number of halogens is 1. The zero-order chi connectivity index (χ0) is 20.9. The molecule has 2 amide bonds. The number of nitrogens with zero attached hydrogens (tertiary/aromatic N) is 3. The number of pyridine rings is 1. The Bertz CT molecular complexity index is 1030. The summed E-state index contributed by atoms with van der Waals surface area (Å²) in [5, 5.41) is 3.39. The van der Waals surface area contributed by atoms with E-state index in [0.717, 1.165) is 36.3 Å². The first kappa shape index (κ1) is 19.0. The van der Waals surface area contributed by atoms with Crippen LogP contribution in [0, 0.1) is 5.82 Å². The number of anilines is 1. The van der Waals surface area contributed by atoms with E-state index in [4.69, 9.17) is 0 Å². The van der Waals surface area contributed by atoms with Gasteiger partial charge in [-0.1, -0.05) is 12.1 Å². The van der Waals surface area contributed by atoms with Gasteiger partial charge in [-0.25, -0.2) is 9.37 Å². The highest BCUT2D eigenvalue weighted by atomic mass is 19.1. The van der Waals surface area contributed by atoms with Crippen molar-refractivity contribution in [1.82, 2.24) is 14.8 Å². The van der Waals surface area contributed by atoms with Gasteiger partial charge in [0, 0.05) is 38.7 Å². The number of hydrogen-bond acceptors (Lipinski definition) is 4. The van der Waals surface area contributed by atoms with Gasteiger partial charge in [-0.15, -0.1) is 0 Å². The molecule has 0 saturated carbocycles. The number of rotatable bonds is 3. The van der Waals surface area contributed by atoms with E-state index in [9.17, 15) is 14.0 Å². The van der Waals surface area contributed by atoms with E-state index in [2.05, 4.69) is 10.3 Å². The fraction of sp³-hybridized carbons (Fsp3) is 0.435. The van der Waals surface area contributed by atoms with Gasteiger partial charge in [0.15, 0.2) is 0 Å². The summed E-state index contributed by atoms with van der Waals surface area (Å²) in [5.74, 6) is 0.630. The summed E-state index contributed by atoms with van der Waals surface area (Å²) >= 11 is 0. The van der Waals surface area contributed by atoms with Crippen molar-refractivity contribution < 1.29 is 14.0 Å². The van der Waals surface area contributed by atoms with Crippen LogP contribution >= 0.6 is 0 Å². The molecule has 1 aromatic heterocycles. The highest BCUT2D eigenvalue weighted by molar-refractivity contribution is 5.95. The van der Waals surface area contributed by atoms with Gasteiger partial charge in [0.1, 0.15) is 11.6 Å². The van der Waals surface area contributed by atoms with Gasteiger partial charge in [0.25, 0.3) is 5.91 Å². The van der Waals surface area contributed by atoms with E-state index in [1.54, 1.807) is 12.3 Å². The largest absolute Gasteiger partial charge is 0.360 e. The molecule has 2 aromatic rings. The zero-order valence-corrected chi connectivity index (χ0v) is 17.0. The standard InChI is InChI=1S/C23H25FN4O2/c1-23(17-4-2-5-18(24)11-17)12-15-10-16(13-25-21(15)26-23)22(30)27-9-7-19(14-27)28-8-3-6-20(28)29/h2,4-5,10-11,13,19H,3,6-9,12,14H2,1H3,(H,25,26)/t19-,23?/m0/s1. The van der Waals surface area contributed by atoms with E-state index >= 15 is 0 Å². The predicted molar refractivity (Wildman–Crippen MR) is 111 cm³/mol. The molecule has 1 N–H and O–H groups in total. The second-order valence-corrected chi connectivity index (χ2v) is 8.76. The highest BCUT2D eigenvalue weighted by Gasteiger charge is 2.37. The normalized spacial score (nSPS) is 25.5. The maximum Gasteiger partial charge on any atom is 0.255 e. The Labute approximate surface area is 175 Å². The molecule has 3 aliphatic rings. The number of carbonyl (C=O) groups is 2. The number of carbonyl (C=O) groups excluding carboxylic acids is 2. The van der Waals surface area contributed by atoms with E-state index < -0.39 is 5.54 Å². The molecule has 2 atom stereocenters. The third-order valence-corrected chi connectivity index (χ3v) is 6.61. The number of hydrogen-bond donors (Lipinski definition) is 1. The third kappa shape index (κ3) is 3.22. The Morgan fingerprint density at radius 1 is 1.30 bits per heavy atom. The zero-order valence-electron chi connectivity index (χ0n) is 17.0. The SMILES string of the molecule is CC1(c2cccc(F)c2)Cc2cc(C(=O)N3CC[C@H](N4CCCC4=O)C3)cnc2N1. The average Bonchev–Trinajstić information content (AvgIpc) is 3.44. The van der Waals surface area contributed by atoms with Crippen LogP contribution in [0.3, 0.4) is 0 Å². The molecule has 1 aromatic carbocycles. The fourth-order valence-electron chi connectivity index (χ4n) is 4.99. The lowest BCUT2D eigenvalue weighted by Gasteiger charge is -2.25. The molecule has 7 heteroatoms. The van der Waals surface area contributed by atoms with Crippen LogP contribution in [0.4, 0.5) is 10.2 Å². The van der Waals surface area contributed by atoms with Crippen molar-refractivity contribution in [3.8, 4) is 0 Å². The Kier molecular flexibility index (Phi) is 4.49. The van der Waals surface area contributed by atoms with Crippen molar-refractivity contribution in [1.29, 1.82) is 0 Å². The van der Waals surface area contributed by atoms with Crippen LogP contribution in [-0.4, -0.2) is 52.3 Å². The van der Waals surface area contributed by atoms with Crippen LogP contribution in [0.2, 0.25) is 0 Å². The topological polar surface area (TPSA) is 65.5 Å². The predicted octanol–water partition coefficient (Wildman–Crippen LogP) is 2.94. The van der Waals surface area contributed by atoms with Gasteiger partial charge in [0.2, 0.25) is 5.91 Å². The second kappa shape index (κ2) is 7.07. The number of amides is 2. The molecular weight excluding hydrogens is 383 g/mol. The highest BCUT2D eigenvalue weighted by Crippen LogP contribution is 2.38. The average molecular weight is 408 g/mol. The lowest BCUT2D eigenvalue weighted by atomic mass is 9.89. The molecule has 0 aliphatic carbocycles. The second-order valence-electron chi connectivity index (χ2n) is 8.76. The van der Waals surface area contributed by atoms with Gasteiger partial charge < -0.3 is 15.1 Å².